The standard InChI is InChI=1S/C35H47N3O2/c1-35-13-4-5-32(35)29-11-10-27-23-28(39)24-31(33(27)30(29)12-14-35)25-6-8-26(9-7-25)34(40)38-21-19-37(20-22-38)18-17-36-15-2-3-16-36/h6-9,23,29,31-32H,2-5,10-22,24H2,1H3/t29-,31?,32+,35+/m1/s1. The highest BCUT2D eigenvalue weighted by Crippen LogP contribution is 2.61. The van der Waals surface area contributed by atoms with Crippen LogP contribution in [0.4, 0.5) is 0 Å². The molecule has 1 amide bonds. The zero-order chi connectivity index (χ0) is 27.3. The summed E-state index contributed by atoms with van der Waals surface area (Å²) in [5.41, 5.74) is 7.03. The summed E-state index contributed by atoms with van der Waals surface area (Å²) in [5.74, 6) is 2.10. The van der Waals surface area contributed by atoms with E-state index in [1.165, 1.54) is 81.2 Å². The average Bonchev–Trinajstić information content (AvgIpc) is 3.65. The van der Waals surface area contributed by atoms with Gasteiger partial charge in [-0.25, -0.2) is 0 Å². The molecule has 1 aromatic carbocycles. The Balaban J connectivity index is 1.04. The second kappa shape index (κ2) is 10.9. The van der Waals surface area contributed by atoms with Gasteiger partial charge in [0.1, 0.15) is 0 Å². The number of ketones is 1. The van der Waals surface area contributed by atoms with Crippen molar-refractivity contribution in [3.63, 3.8) is 0 Å². The van der Waals surface area contributed by atoms with Crippen molar-refractivity contribution in [1.82, 2.24) is 14.7 Å². The van der Waals surface area contributed by atoms with Gasteiger partial charge in [0.25, 0.3) is 5.91 Å². The van der Waals surface area contributed by atoms with Gasteiger partial charge in [0.15, 0.2) is 5.78 Å². The van der Waals surface area contributed by atoms with E-state index < -0.39 is 0 Å². The van der Waals surface area contributed by atoms with Gasteiger partial charge in [-0.2, -0.15) is 0 Å². The summed E-state index contributed by atoms with van der Waals surface area (Å²) in [5, 5.41) is 0. The van der Waals surface area contributed by atoms with Crippen LogP contribution in [-0.4, -0.2) is 78.7 Å². The first-order valence-electron chi connectivity index (χ1n) is 16.3. The highest BCUT2D eigenvalue weighted by Gasteiger charge is 2.49. The third-order valence-corrected chi connectivity index (χ3v) is 11.7. The van der Waals surface area contributed by atoms with Crippen LogP contribution in [0.2, 0.25) is 0 Å². The Kier molecular flexibility index (Phi) is 7.24. The van der Waals surface area contributed by atoms with Crippen molar-refractivity contribution in [1.29, 1.82) is 0 Å². The fraction of sp³-hybridized carbons (Fsp3) is 0.657. The Hall–Kier alpha value is -2.24. The first-order valence-corrected chi connectivity index (χ1v) is 16.3. The number of allylic oxidation sites excluding steroid dienone is 4. The molecule has 214 valence electrons. The van der Waals surface area contributed by atoms with Crippen LogP contribution in [0.3, 0.4) is 0 Å². The molecular weight excluding hydrogens is 494 g/mol. The lowest BCUT2D eigenvalue weighted by Gasteiger charge is -2.48. The molecule has 0 aromatic heterocycles. The lowest BCUT2D eigenvalue weighted by Crippen LogP contribution is -2.50. The third kappa shape index (κ3) is 4.91. The van der Waals surface area contributed by atoms with Crippen LogP contribution in [0, 0.1) is 17.3 Å². The molecule has 4 aliphatic carbocycles. The minimum atomic E-state index is 0.151. The fourth-order valence-corrected chi connectivity index (χ4v) is 9.41. The smallest absolute Gasteiger partial charge is 0.253 e. The summed E-state index contributed by atoms with van der Waals surface area (Å²) in [7, 11) is 0. The van der Waals surface area contributed by atoms with Crippen molar-refractivity contribution in [2.75, 3.05) is 52.4 Å². The van der Waals surface area contributed by atoms with E-state index in [4.69, 9.17) is 0 Å². The molecule has 6 aliphatic rings. The Labute approximate surface area is 240 Å². The quantitative estimate of drug-likeness (QED) is 0.471. The highest BCUT2D eigenvalue weighted by atomic mass is 16.2. The number of amides is 1. The number of hydrogen-bond donors (Lipinski definition) is 0. The molecule has 0 N–H and O–H groups in total. The maximum Gasteiger partial charge on any atom is 0.253 e. The Morgan fingerprint density at radius 3 is 2.35 bits per heavy atom. The normalized spacial score (nSPS) is 33.0. The van der Waals surface area contributed by atoms with Crippen LogP contribution in [0.25, 0.3) is 0 Å². The number of benzene rings is 1. The lowest BCUT2D eigenvalue weighted by molar-refractivity contribution is -0.115. The van der Waals surface area contributed by atoms with Crippen molar-refractivity contribution in [2.24, 2.45) is 17.3 Å². The number of hydrogen-bond acceptors (Lipinski definition) is 4. The van der Waals surface area contributed by atoms with E-state index in [0.717, 1.165) is 57.2 Å². The molecule has 2 heterocycles. The predicted molar refractivity (Wildman–Crippen MR) is 159 cm³/mol. The first-order chi connectivity index (χ1) is 19.5. The van der Waals surface area contributed by atoms with Crippen LogP contribution in [-0.2, 0) is 4.79 Å². The minimum Gasteiger partial charge on any atom is -0.336 e. The zero-order valence-electron chi connectivity index (χ0n) is 24.5. The summed E-state index contributed by atoms with van der Waals surface area (Å²) >= 11 is 0. The largest absolute Gasteiger partial charge is 0.336 e. The number of piperazine rings is 1. The van der Waals surface area contributed by atoms with E-state index in [1.807, 2.05) is 23.1 Å². The monoisotopic (exact) mass is 541 g/mol. The van der Waals surface area contributed by atoms with Gasteiger partial charge in [-0.1, -0.05) is 31.1 Å². The molecule has 0 radical (unpaired) electrons. The van der Waals surface area contributed by atoms with Gasteiger partial charge in [0.05, 0.1) is 0 Å². The molecule has 1 aromatic rings. The van der Waals surface area contributed by atoms with Crippen LogP contribution in [0.1, 0.15) is 93.0 Å². The van der Waals surface area contributed by atoms with Crippen molar-refractivity contribution in [3.05, 3.63) is 58.2 Å². The van der Waals surface area contributed by atoms with E-state index in [0.29, 0.717) is 17.8 Å². The third-order valence-electron chi connectivity index (χ3n) is 11.7. The van der Waals surface area contributed by atoms with Gasteiger partial charge in [-0.3, -0.25) is 14.5 Å². The molecule has 7 rings (SSSR count). The van der Waals surface area contributed by atoms with Gasteiger partial charge in [0, 0.05) is 57.2 Å². The van der Waals surface area contributed by atoms with Crippen molar-refractivity contribution in [3.8, 4) is 0 Å². The number of carbonyl (C=O) groups is 2. The van der Waals surface area contributed by atoms with Crippen LogP contribution in [0.15, 0.2) is 47.1 Å². The summed E-state index contributed by atoms with van der Waals surface area (Å²) in [6.07, 6.45) is 14.2. The molecule has 0 bridgehead atoms. The van der Waals surface area contributed by atoms with Gasteiger partial charge < -0.3 is 9.80 Å². The Morgan fingerprint density at radius 1 is 0.875 bits per heavy atom. The summed E-state index contributed by atoms with van der Waals surface area (Å²) in [6.45, 7) is 10.9. The van der Waals surface area contributed by atoms with Crippen molar-refractivity contribution >= 4 is 11.7 Å². The molecule has 2 saturated carbocycles. The molecule has 1 unspecified atom stereocenters. The lowest BCUT2D eigenvalue weighted by atomic mass is 9.56. The molecule has 40 heavy (non-hydrogen) atoms. The van der Waals surface area contributed by atoms with Crippen LogP contribution < -0.4 is 0 Å². The number of nitrogens with zero attached hydrogens (tertiary/aromatic N) is 3. The highest BCUT2D eigenvalue weighted by molar-refractivity contribution is 5.95. The van der Waals surface area contributed by atoms with E-state index in [-0.39, 0.29) is 17.6 Å². The van der Waals surface area contributed by atoms with Crippen molar-refractivity contribution in [2.45, 2.75) is 77.0 Å². The molecule has 5 nitrogen and oxygen atoms in total. The Bertz CT molecular complexity index is 1200. The van der Waals surface area contributed by atoms with E-state index in [9.17, 15) is 9.59 Å². The van der Waals surface area contributed by atoms with E-state index in [1.54, 1.807) is 5.57 Å². The van der Waals surface area contributed by atoms with Gasteiger partial charge >= 0.3 is 0 Å². The van der Waals surface area contributed by atoms with E-state index >= 15 is 0 Å². The van der Waals surface area contributed by atoms with Crippen molar-refractivity contribution < 1.29 is 9.59 Å². The van der Waals surface area contributed by atoms with Gasteiger partial charge in [-0.05, 0) is 117 Å². The molecule has 2 saturated heterocycles. The average molecular weight is 542 g/mol. The minimum absolute atomic E-state index is 0.151. The number of fused-ring (bicyclic) bond motifs is 4. The van der Waals surface area contributed by atoms with Gasteiger partial charge in [0.2, 0.25) is 0 Å². The SMILES string of the molecule is C[C@@]12CCC[C@H]1[C@@H]1CCC3=CC(=O)CC(c4ccc(C(=O)N5CCN(CCN6CCCC6)CC5)cc4)C3=C1CC2. The fourth-order valence-electron chi connectivity index (χ4n) is 9.41. The number of rotatable bonds is 5. The van der Waals surface area contributed by atoms with Gasteiger partial charge in [-0.15, -0.1) is 0 Å². The number of likely N-dealkylation sites (tertiary alicyclic amines) is 1. The molecule has 5 heteroatoms. The summed E-state index contributed by atoms with van der Waals surface area (Å²) in [6, 6.07) is 8.36. The maximum absolute atomic E-state index is 13.4. The Morgan fingerprint density at radius 2 is 1.60 bits per heavy atom. The zero-order valence-corrected chi connectivity index (χ0v) is 24.5. The first kappa shape index (κ1) is 26.6. The van der Waals surface area contributed by atoms with Crippen LogP contribution >= 0.6 is 0 Å². The number of carbonyl (C=O) groups excluding carboxylic acids is 2. The molecule has 4 atom stereocenters. The maximum atomic E-state index is 13.4. The van der Waals surface area contributed by atoms with Crippen LogP contribution in [0.5, 0.6) is 0 Å². The second-order valence-corrected chi connectivity index (χ2v) is 13.9. The molecular formula is C35H47N3O2. The predicted octanol–water partition coefficient (Wildman–Crippen LogP) is 5.83. The second-order valence-electron chi connectivity index (χ2n) is 13.9. The summed E-state index contributed by atoms with van der Waals surface area (Å²) in [4.78, 5) is 33.4. The van der Waals surface area contributed by atoms with E-state index in [2.05, 4.69) is 28.9 Å². The molecule has 0 spiro atoms. The molecule has 2 aliphatic heterocycles. The molecule has 4 fully saturated rings. The summed E-state index contributed by atoms with van der Waals surface area (Å²) < 4.78 is 0. The topological polar surface area (TPSA) is 43.9 Å².